The number of carboxylic acid groups (broad SMARTS) is 2. The Kier molecular flexibility index (Phi) is 5.79. The highest BCUT2D eigenvalue weighted by atomic mass is 35.5. The van der Waals surface area contributed by atoms with Crippen LogP contribution < -0.4 is 5.32 Å². The van der Waals surface area contributed by atoms with Gasteiger partial charge in [-0.15, -0.1) is 0 Å². The zero-order valence-corrected chi connectivity index (χ0v) is 11.1. The summed E-state index contributed by atoms with van der Waals surface area (Å²) in [5.41, 5.74) is 0.719. The molecule has 108 valence electrons. The van der Waals surface area contributed by atoms with Gasteiger partial charge in [0.1, 0.15) is 13.1 Å². The minimum absolute atomic E-state index is 0.120. The van der Waals surface area contributed by atoms with Crippen LogP contribution in [-0.4, -0.2) is 46.2 Å². The lowest BCUT2D eigenvalue weighted by Crippen LogP contribution is -2.45. The van der Waals surface area contributed by atoms with Gasteiger partial charge < -0.3 is 20.4 Å². The molecule has 0 saturated carbocycles. The number of aliphatic carboxylic acids is 2. The monoisotopic (exact) mass is 300 g/mol. The Morgan fingerprint density at radius 1 is 1.15 bits per heavy atom. The number of hydrogen-bond acceptors (Lipinski definition) is 3. The predicted octanol–water partition coefficient (Wildman–Crippen LogP) is 1.02. The van der Waals surface area contributed by atoms with Crippen molar-refractivity contribution in [1.82, 2.24) is 10.2 Å². The van der Waals surface area contributed by atoms with Gasteiger partial charge >= 0.3 is 18.0 Å². The van der Waals surface area contributed by atoms with E-state index in [2.05, 4.69) is 5.32 Å². The summed E-state index contributed by atoms with van der Waals surface area (Å²) in [4.78, 5) is 33.6. The first-order chi connectivity index (χ1) is 9.38. The largest absolute Gasteiger partial charge is 0.480 e. The van der Waals surface area contributed by atoms with E-state index in [-0.39, 0.29) is 6.54 Å². The SMILES string of the molecule is O=C(O)CN(CC(=O)O)C(=O)NCc1cccc(Cl)c1. The summed E-state index contributed by atoms with van der Waals surface area (Å²) in [6.45, 7) is -1.25. The second-order valence-corrected chi connectivity index (χ2v) is 4.37. The molecule has 0 aliphatic carbocycles. The summed E-state index contributed by atoms with van der Waals surface area (Å²) in [6, 6.07) is 5.98. The van der Waals surface area contributed by atoms with Crippen molar-refractivity contribution in [2.45, 2.75) is 6.54 Å². The molecule has 0 radical (unpaired) electrons. The van der Waals surface area contributed by atoms with E-state index in [1.165, 1.54) is 0 Å². The molecule has 7 nitrogen and oxygen atoms in total. The first kappa shape index (κ1) is 15.8. The lowest BCUT2D eigenvalue weighted by molar-refractivity contribution is -0.140. The van der Waals surface area contributed by atoms with E-state index in [9.17, 15) is 14.4 Å². The molecule has 0 saturated heterocycles. The summed E-state index contributed by atoms with van der Waals surface area (Å²) >= 11 is 5.78. The Morgan fingerprint density at radius 2 is 1.75 bits per heavy atom. The van der Waals surface area contributed by atoms with Crippen LogP contribution in [0.3, 0.4) is 0 Å². The third kappa shape index (κ3) is 5.57. The molecule has 8 heteroatoms. The maximum atomic E-state index is 11.7. The van der Waals surface area contributed by atoms with E-state index < -0.39 is 31.1 Å². The quantitative estimate of drug-likeness (QED) is 0.727. The minimum Gasteiger partial charge on any atom is -0.480 e. The molecule has 0 fully saturated rings. The molecule has 1 rings (SSSR count). The van der Waals surface area contributed by atoms with Crippen molar-refractivity contribution < 1.29 is 24.6 Å². The van der Waals surface area contributed by atoms with Crippen LogP contribution in [0.1, 0.15) is 5.56 Å². The van der Waals surface area contributed by atoms with Crippen molar-refractivity contribution in [3.05, 3.63) is 34.9 Å². The number of urea groups is 1. The van der Waals surface area contributed by atoms with E-state index in [4.69, 9.17) is 21.8 Å². The maximum Gasteiger partial charge on any atom is 0.323 e. The van der Waals surface area contributed by atoms with Crippen molar-refractivity contribution in [3.63, 3.8) is 0 Å². The van der Waals surface area contributed by atoms with E-state index in [0.717, 1.165) is 5.56 Å². The Hall–Kier alpha value is -2.28. The summed E-state index contributed by atoms with van der Waals surface area (Å²) in [5, 5.41) is 20.2. The van der Waals surface area contributed by atoms with Crippen molar-refractivity contribution in [3.8, 4) is 0 Å². The van der Waals surface area contributed by atoms with Gasteiger partial charge in [0.2, 0.25) is 0 Å². The normalized spacial score (nSPS) is 9.85. The van der Waals surface area contributed by atoms with Gasteiger partial charge in [-0.05, 0) is 17.7 Å². The smallest absolute Gasteiger partial charge is 0.323 e. The number of carbonyl (C=O) groups excluding carboxylic acids is 1. The zero-order chi connectivity index (χ0) is 15.1. The molecule has 0 bridgehead atoms. The van der Waals surface area contributed by atoms with Gasteiger partial charge in [0.05, 0.1) is 0 Å². The molecule has 1 aromatic rings. The molecule has 0 aromatic heterocycles. The van der Waals surface area contributed by atoms with Crippen LogP contribution in [0.5, 0.6) is 0 Å². The first-order valence-electron chi connectivity index (χ1n) is 5.59. The number of nitrogens with one attached hydrogen (secondary N) is 1. The molecule has 3 N–H and O–H groups in total. The molecular weight excluding hydrogens is 288 g/mol. The van der Waals surface area contributed by atoms with Gasteiger partial charge in [0.25, 0.3) is 0 Å². The van der Waals surface area contributed by atoms with Crippen molar-refractivity contribution in [2.75, 3.05) is 13.1 Å². The fraction of sp³-hybridized carbons (Fsp3) is 0.250. The molecule has 0 aliphatic heterocycles. The highest BCUT2D eigenvalue weighted by Crippen LogP contribution is 2.10. The Morgan fingerprint density at radius 3 is 2.25 bits per heavy atom. The highest BCUT2D eigenvalue weighted by Gasteiger charge is 2.19. The Labute approximate surface area is 119 Å². The molecule has 0 unspecified atom stereocenters. The van der Waals surface area contributed by atoms with E-state index in [1.807, 2.05) is 0 Å². The van der Waals surface area contributed by atoms with Gasteiger partial charge in [-0.1, -0.05) is 23.7 Å². The van der Waals surface area contributed by atoms with Crippen LogP contribution >= 0.6 is 11.6 Å². The number of hydrogen-bond donors (Lipinski definition) is 3. The third-order valence-corrected chi connectivity index (χ3v) is 2.51. The van der Waals surface area contributed by atoms with Crippen molar-refractivity contribution in [1.29, 1.82) is 0 Å². The average Bonchev–Trinajstić information content (AvgIpc) is 2.34. The number of amides is 2. The highest BCUT2D eigenvalue weighted by molar-refractivity contribution is 6.30. The fourth-order valence-corrected chi connectivity index (χ4v) is 1.68. The standard InChI is InChI=1S/C12H13ClN2O5/c13-9-3-1-2-8(4-9)5-14-12(20)15(6-10(16)17)7-11(18)19/h1-4H,5-7H2,(H,14,20)(H,16,17)(H,18,19). The molecule has 2 amide bonds. The van der Waals surface area contributed by atoms with Crippen molar-refractivity contribution >= 4 is 29.6 Å². The Bertz CT molecular complexity index is 504. The summed E-state index contributed by atoms with van der Waals surface area (Å²) in [5.74, 6) is -2.58. The summed E-state index contributed by atoms with van der Waals surface area (Å²) < 4.78 is 0. The zero-order valence-electron chi connectivity index (χ0n) is 10.4. The fourth-order valence-electron chi connectivity index (χ4n) is 1.46. The van der Waals surface area contributed by atoms with Gasteiger partial charge in [-0.2, -0.15) is 0 Å². The number of rotatable bonds is 6. The molecule has 1 aromatic carbocycles. The molecule has 0 spiro atoms. The van der Waals surface area contributed by atoms with Crippen LogP contribution in [-0.2, 0) is 16.1 Å². The second-order valence-electron chi connectivity index (χ2n) is 3.93. The van der Waals surface area contributed by atoms with Gasteiger partial charge in [-0.3, -0.25) is 9.59 Å². The van der Waals surface area contributed by atoms with Gasteiger partial charge in [-0.25, -0.2) is 4.79 Å². The molecule has 0 atom stereocenters. The summed E-state index contributed by atoms with van der Waals surface area (Å²) in [6.07, 6.45) is 0. The second kappa shape index (κ2) is 7.34. The number of carbonyl (C=O) groups is 3. The lowest BCUT2D eigenvalue weighted by atomic mass is 10.2. The number of carboxylic acids is 2. The van der Waals surface area contributed by atoms with Crippen LogP contribution in [0.25, 0.3) is 0 Å². The van der Waals surface area contributed by atoms with Crippen LogP contribution in [0, 0.1) is 0 Å². The van der Waals surface area contributed by atoms with Gasteiger partial charge in [0.15, 0.2) is 0 Å². The molecule has 0 aliphatic rings. The molecular formula is C12H13ClN2O5. The van der Waals surface area contributed by atoms with Crippen LogP contribution in [0.15, 0.2) is 24.3 Å². The number of halogens is 1. The van der Waals surface area contributed by atoms with Crippen LogP contribution in [0.2, 0.25) is 5.02 Å². The lowest BCUT2D eigenvalue weighted by Gasteiger charge is -2.19. The Balaban J connectivity index is 2.61. The van der Waals surface area contributed by atoms with E-state index >= 15 is 0 Å². The van der Waals surface area contributed by atoms with Crippen LogP contribution in [0.4, 0.5) is 4.79 Å². The number of nitrogens with zero attached hydrogens (tertiary/aromatic N) is 1. The molecule has 0 heterocycles. The minimum atomic E-state index is -1.29. The number of benzene rings is 1. The molecule has 20 heavy (non-hydrogen) atoms. The van der Waals surface area contributed by atoms with Crippen molar-refractivity contribution in [2.24, 2.45) is 0 Å². The van der Waals surface area contributed by atoms with Gasteiger partial charge in [0, 0.05) is 11.6 Å². The topological polar surface area (TPSA) is 107 Å². The third-order valence-electron chi connectivity index (χ3n) is 2.27. The maximum absolute atomic E-state index is 11.7. The summed E-state index contributed by atoms with van der Waals surface area (Å²) in [7, 11) is 0. The predicted molar refractivity (Wildman–Crippen MR) is 70.5 cm³/mol. The van der Waals surface area contributed by atoms with E-state index in [0.29, 0.717) is 9.92 Å². The van der Waals surface area contributed by atoms with E-state index in [1.54, 1.807) is 24.3 Å². The first-order valence-corrected chi connectivity index (χ1v) is 5.97. The average molecular weight is 301 g/mol.